The molecular weight excluding hydrogens is 293 g/mol. The molecule has 2 rings (SSSR count). The summed E-state index contributed by atoms with van der Waals surface area (Å²) in [5.74, 6) is 1.36. The van der Waals surface area contributed by atoms with Crippen LogP contribution in [0.5, 0.6) is 11.5 Å². The quantitative estimate of drug-likeness (QED) is 0.732. The van der Waals surface area contributed by atoms with Crippen LogP contribution >= 0.6 is 23.2 Å². The second kappa shape index (κ2) is 7.53. The monoisotopic (exact) mass is 309 g/mol. The number of halogens is 2. The molecule has 0 fully saturated rings. The van der Waals surface area contributed by atoms with E-state index >= 15 is 0 Å². The molecule has 20 heavy (non-hydrogen) atoms. The third kappa shape index (κ3) is 4.14. The predicted molar refractivity (Wildman–Crippen MR) is 85.0 cm³/mol. The van der Waals surface area contributed by atoms with E-state index in [1.54, 1.807) is 18.2 Å². The first kappa shape index (κ1) is 15.2. The van der Waals surface area contributed by atoms with Gasteiger partial charge in [-0.15, -0.1) is 0 Å². The van der Waals surface area contributed by atoms with Crippen molar-refractivity contribution in [1.82, 2.24) is 5.32 Å². The van der Waals surface area contributed by atoms with Crippen molar-refractivity contribution >= 4 is 23.2 Å². The normalized spacial score (nSPS) is 10.6. The van der Waals surface area contributed by atoms with E-state index in [-0.39, 0.29) is 0 Å². The molecule has 0 amide bonds. The SMILES string of the molecule is CCCNCc1ccccc1Oc1cc(Cl)ccc1Cl. The number of nitrogens with one attached hydrogen (secondary N) is 1. The lowest BCUT2D eigenvalue weighted by atomic mass is 10.2. The van der Waals surface area contributed by atoms with Crippen molar-refractivity contribution in [2.75, 3.05) is 6.54 Å². The molecule has 0 atom stereocenters. The van der Waals surface area contributed by atoms with Gasteiger partial charge in [-0.2, -0.15) is 0 Å². The van der Waals surface area contributed by atoms with Crippen molar-refractivity contribution in [1.29, 1.82) is 0 Å². The standard InChI is InChI=1S/C16H17Cl2NO/c1-2-9-19-11-12-5-3-4-6-15(12)20-16-10-13(17)7-8-14(16)18/h3-8,10,19H,2,9,11H2,1H3. The minimum atomic E-state index is 0.547. The zero-order valence-corrected chi connectivity index (χ0v) is 12.8. The van der Waals surface area contributed by atoms with E-state index in [9.17, 15) is 0 Å². The molecule has 2 nitrogen and oxygen atoms in total. The molecule has 0 aliphatic heterocycles. The highest BCUT2D eigenvalue weighted by molar-refractivity contribution is 6.34. The van der Waals surface area contributed by atoms with Crippen LogP contribution in [0, 0.1) is 0 Å². The molecule has 4 heteroatoms. The lowest BCUT2D eigenvalue weighted by molar-refractivity contribution is 0.473. The Morgan fingerprint density at radius 2 is 1.85 bits per heavy atom. The number of hydrogen-bond donors (Lipinski definition) is 1. The summed E-state index contributed by atoms with van der Waals surface area (Å²) >= 11 is 12.1. The van der Waals surface area contributed by atoms with Crippen molar-refractivity contribution in [3.05, 3.63) is 58.1 Å². The molecule has 1 N–H and O–H groups in total. The third-order valence-corrected chi connectivity index (χ3v) is 3.38. The highest BCUT2D eigenvalue weighted by atomic mass is 35.5. The molecule has 0 bridgehead atoms. The van der Waals surface area contributed by atoms with Crippen LogP contribution in [0.4, 0.5) is 0 Å². The van der Waals surface area contributed by atoms with Crippen molar-refractivity contribution < 1.29 is 4.74 Å². The number of hydrogen-bond acceptors (Lipinski definition) is 2. The Labute approximate surface area is 129 Å². The van der Waals surface area contributed by atoms with Crippen LogP contribution in [-0.4, -0.2) is 6.54 Å². The highest BCUT2D eigenvalue weighted by Crippen LogP contribution is 2.33. The van der Waals surface area contributed by atoms with Crippen LogP contribution in [-0.2, 0) is 6.54 Å². The van der Waals surface area contributed by atoms with Gasteiger partial charge in [-0.1, -0.05) is 48.3 Å². The number of benzene rings is 2. The van der Waals surface area contributed by atoms with Gasteiger partial charge in [-0.25, -0.2) is 0 Å². The zero-order chi connectivity index (χ0) is 14.4. The molecule has 0 saturated carbocycles. The summed E-state index contributed by atoms with van der Waals surface area (Å²) in [5.41, 5.74) is 1.09. The first-order valence-corrected chi connectivity index (χ1v) is 7.38. The molecule has 0 aliphatic carbocycles. The van der Waals surface area contributed by atoms with E-state index in [2.05, 4.69) is 12.2 Å². The van der Waals surface area contributed by atoms with Crippen molar-refractivity contribution in [3.63, 3.8) is 0 Å². The van der Waals surface area contributed by atoms with E-state index in [0.717, 1.165) is 30.8 Å². The smallest absolute Gasteiger partial charge is 0.147 e. The Kier molecular flexibility index (Phi) is 5.72. The fourth-order valence-electron chi connectivity index (χ4n) is 1.82. The lowest BCUT2D eigenvalue weighted by Gasteiger charge is -2.13. The summed E-state index contributed by atoms with van der Waals surface area (Å²) < 4.78 is 5.90. The average Bonchev–Trinajstić information content (AvgIpc) is 2.45. The van der Waals surface area contributed by atoms with Crippen LogP contribution in [0.15, 0.2) is 42.5 Å². The molecule has 0 saturated heterocycles. The largest absolute Gasteiger partial charge is 0.455 e. The molecule has 0 radical (unpaired) electrons. The van der Waals surface area contributed by atoms with Gasteiger partial charge in [0.2, 0.25) is 0 Å². The van der Waals surface area contributed by atoms with Crippen LogP contribution in [0.3, 0.4) is 0 Å². The Hall–Kier alpha value is -1.22. The second-order valence-corrected chi connectivity index (χ2v) is 5.30. The minimum absolute atomic E-state index is 0.547. The summed E-state index contributed by atoms with van der Waals surface area (Å²) in [5, 5.41) is 4.51. The maximum atomic E-state index is 6.13. The number of rotatable bonds is 6. The Morgan fingerprint density at radius 3 is 2.65 bits per heavy atom. The summed E-state index contributed by atoms with van der Waals surface area (Å²) in [6, 6.07) is 13.1. The minimum Gasteiger partial charge on any atom is -0.455 e. The van der Waals surface area contributed by atoms with E-state index < -0.39 is 0 Å². The number of para-hydroxylation sites is 1. The number of ether oxygens (including phenoxy) is 1. The highest BCUT2D eigenvalue weighted by Gasteiger charge is 2.07. The van der Waals surface area contributed by atoms with Gasteiger partial charge in [0.25, 0.3) is 0 Å². The molecule has 2 aromatic carbocycles. The van der Waals surface area contributed by atoms with Gasteiger partial charge in [-0.05, 0) is 31.2 Å². The van der Waals surface area contributed by atoms with Crippen LogP contribution in [0.1, 0.15) is 18.9 Å². The molecule has 106 valence electrons. The Bertz CT molecular complexity index is 572. The van der Waals surface area contributed by atoms with Gasteiger partial charge in [0.15, 0.2) is 0 Å². The van der Waals surface area contributed by atoms with E-state index in [1.807, 2.05) is 24.3 Å². The lowest BCUT2D eigenvalue weighted by Crippen LogP contribution is -2.14. The maximum Gasteiger partial charge on any atom is 0.147 e. The summed E-state index contributed by atoms with van der Waals surface area (Å²) in [6.07, 6.45) is 1.10. The van der Waals surface area contributed by atoms with Gasteiger partial charge in [-0.3, -0.25) is 0 Å². The summed E-state index contributed by atoms with van der Waals surface area (Å²) in [7, 11) is 0. The van der Waals surface area contributed by atoms with E-state index in [0.29, 0.717) is 15.8 Å². The zero-order valence-electron chi connectivity index (χ0n) is 11.3. The molecule has 0 aliphatic rings. The fraction of sp³-hybridized carbons (Fsp3) is 0.250. The van der Waals surface area contributed by atoms with Gasteiger partial charge in [0, 0.05) is 23.2 Å². The summed E-state index contributed by atoms with van der Waals surface area (Å²) in [6.45, 7) is 3.88. The topological polar surface area (TPSA) is 21.3 Å². The molecule has 0 aromatic heterocycles. The van der Waals surface area contributed by atoms with E-state index in [1.165, 1.54) is 0 Å². The van der Waals surface area contributed by atoms with Gasteiger partial charge in [0.05, 0.1) is 5.02 Å². The third-order valence-electron chi connectivity index (χ3n) is 2.83. The van der Waals surface area contributed by atoms with Crippen LogP contribution in [0.2, 0.25) is 10.0 Å². The van der Waals surface area contributed by atoms with Crippen molar-refractivity contribution in [2.45, 2.75) is 19.9 Å². The molecule has 0 spiro atoms. The Balaban J connectivity index is 2.18. The van der Waals surface area contributed by atoms with Gasteiger partial charge in [0.1, 0.15) is 11.5 Å². The van der Waals surface area contributed by atoms with E-state index in [4.69, 9.17) is 27.9 Å². The van der Waals surface area contributed by atoms with Crippen LogP contribution in [0.25, 0.3) is 0 Å². The maximum absolute atomic E-state index is 6.13. The molecule has 0 heterocycles. The van der Waals surface area contributed by atoms with Gasteiger partial charge >= 0.3 is 0 Å². The van der Waals surface area contributed by atoms with Crippen LogP contribution < -0.4 is 10.1 Å². The first-order valence-electron chi connectivity index (χ1n) is 6.62. The predicted octanol–water partition coefficient (Wildman–Crippen LogP) is 5.29. The average molecular weight is 310 g/mol. The van der Waals surface area contributed by atoms with Crippen molar-refractivity contribution in [3.8, 4) is 11.5 Å². The fourth-order valence-corrected chi connectivity index (χ4v) is 2.14. The van der Waals surface area contributed by atoms with Crippen molar-refractivity contribution in [2.24, 2.45) is 0 Å². The Morgan fingerprint density at radius 1 is 1.05 bits per heavy atom. The first-order chi connectivity index (χ1) is 9.70. The van der Waals surface area contributed by atoms with Gasteiger partial charge < -0.3 is 10.1 Å². The molecular formula is C16H17Cl2NO. The molecule has 2 aromatic rings. The summed E-state index contributed by atoms with van der Waals surface area (Å²) in [4.78, 5) is 0. The second-order valence-electron chi connectivity index (χ2n) is 4.46. The molecule has 0 unspecified atom stereocenters.